The predicted molar refractivity (Wildman–Crippen MR) is 144 cm³/mol. The Morgan fingerprint density at radius 3 is 2.38 bits per heavy atom. The zero-order valence-electron chi connectivity index (χ0n) is 22.8. The van der Waals surface area contributed by atoms with Gasteiger partial charge in [0.1, 0.15) is 5.75 Å². The van der Waals surface area contributed by atoms with Gasteiger partial charge in [-0.1, -0.05) is 26.8 Å². The highest BCUT2D eigenvalue weighted by Gasteiger charge is 2.28. The molecule has 1 saturated heterocycles. The number of allylic oxidation sites excluding steroid dienone is 2. The summed E-state index contributed by atoms with van der Waals surface area (Å²) in [7, 11) is 6.00. The second-order valence-corrected chi connectivity index (χ2v) is 9.24. The number of aryl methyl sites for hydroxylation is 1. The van der Waals surface area contributed by atoms with Crippen LogP contribution < -0.4 is 4.74 Å². The number of benzene rings is 1. The Hall–Kier alpha value is -2.53. The van der Waals surface area contributed by atoms with E-state index in [2.05, 4.69) is 56.1 Å². The van der Waals surface area contributed by atoms with Crippen molar-refractivity contribution < 1.29 is 9.53 Å². The molecule has 5 heteroatoms. The maximum Gasteiger partial charge on any atom is 0.251 e. The molecule has 0 spiro atoms. The lowest BCUT2D eigenvalue weighted by atomic mass is 9.97. The van der Waals surface area contributed by atoms with Crippen LogP contribution in [-0.2, 0) is 4.79 Å². The predicted octanol–water partition coefficient (Wildman–Crippen LogP) is 5.87. The van der Waals surface area contributed by atoms with Gasteiger partial charge in [0, 0.05) is 31.4 Å². The molecule has 1 amide bonds. The first-order valence-electron chi connectivity index (χ1n) is 12.7. The van der Waals surface area contributed by atoms with Crippen molar-refractivity contribution in [3.05, 3.63) is 58.9 Å². The van der Waals surface area contributed by atoms with Crippen LogP contribution in [0.25, 0.3) is 5.57 Å². The fraction of sp³-hybridized carbons (Fsp3) is 0.552. The Morgan fingerprint density at radius 1 is 1.21 bits per heavy atom. The van der Waals surface area contributed by atoms with Gasteiger partial charge < -0.3 is 19.4 Å². The number of carbonyl (C=O) groups is 1. The molecule has 34 heavy (non-hydrogen) atoms. The number of hydrogen-bond donors (Lipinski definition) is 0. The number of rotatable bonds is 6. The zero-order valence-corrected chi connectivity index (χ0v) is 22.8. The van der Waals surface area contributed by atoms with Gasteiger partial charge in [0.2, 0.25) is 0 Å². The molecule has 0 bridgehead atoms. The normalized spacial score (nSPS) is 19.4. The van der Waals surface area contributed by atoms with Crippen molar-refractivity contribution in [1.82, 2.24) is 14.7 Å². The summed E-state index contributed by atoms with van der Waals surface area (Å²) >= 11 is 0. The van der Waals surface area contributed by atoms with Crippen LogP contribution in [0.1, 0.15) is 65.0 Å². The van der Waals surface area contributed by atoms with Crippen LogP contribution in [-0.4, -0.2) is 67.0 Å². The molecule has 2 aliphatic heterocycles. The molecular formula is C29H45N3O2. The van der Waals surface area contributed by atoms with Crippen LogP contribution in [0.2, 0.25) is 0 Å². The van der Waals surface area contributed by atoms with Gasteiger partial charge in [0.25, 0.3) is 5.91 Å². The van der Waals surface area contributed by atoms with E-state index in [0.29, 0.717) is 6.04 Å². The lowest BCUT2D eigenvalue weighted by molar-refractivity contribution is -0.124. The molecule has 0 N–H and O–H groups in total. The minimum atomic E-state index is 0.0307. The summed E-state index contributed by atoms with van der Waals surface area (Å²) in [4.78, 5) is 20.0. The van der Waals surface area contributed by atoms with Gasteiger partial charge in [0.15, 0.2) is 0 Å². The van der Waals surface area contributed by atoms with Crippen molar-refractivity contribution in [3.8, 4) is 5.75 Å². The molecule has 2 heterocycles. The summed E-state index contributed by atoms with van der Waals surface area (Å²) in [5, 5.41) is 0. The summed E-state index contributed by atoms with van der Waals surface area (Å²) in [6, 6.07) is 6.75. The third-order valence-electron chi connectivity index (χ3n) is 6.97. The maximum atomic E-state index is 13.4. The summed E-state index contributed by atoms with van der Waals surface area (Å²) in [5.74, 6) is 0.893. The van der Waals surface area contributed by atoms with Gasteiger partial charge in [-0.15, -0.1) is 0 Å². The Morgan fingerprint density at radius 2 is 1.85 bits per heavy atom. The second-order valence-electron chi connectivity index (χ2n) is 9.24. The average molecular weight is 468 g/mol. The van der Waals surface area contributed by atoms with E-state index in [1.807, 2.05) is 44.7 Å². The third-order valence-corrected chi connectivity index (χ3v) is 6.97. The van der Waals surface area contributed by atoms with Crippen molar-refractivity contribution in [2.75, 3.05) is 34.3 Å². The Bertz CT molecular complexity index is 921. The van der Waals surface area contributed by atoms with Gasteiger partial charge in [-0.2, -0.15) is 0 Å². The maximum absolute atomic E-state index is 13.4. The van der Waals surface area contributed by atoms with E-state index in [0.717, 1.165) is 60.5 Å². The van der Waals surface area contributed by atoms with Gasteiger partial charge in [-0.3, -0.25) is 4.79 Å². The number of likely N-dealkylation sites (tertiary alicyclic amines) is 1. The van der Waals surface area contributed by atoms with E-state index in [1.54, 1.807) is 13.2 Å². The van der Waals surface area contributed by atoms with Gasteiger partial charge in [-0.25, -0.2) is 0 Å². The van der Waals surface area contributed by atoms with E-state index in [9.17, 15) is 4.79 Å². The Kier molecular flexibility index (Phi) is 10.4. The third kappa shape index (κ3) is 6.53. The van der Waals surface area contributed by atoms with E-state index in [1.165, 1.54) is 5.57 Å². The molecule has 0 aromatic heterocycles. The summed E-state index contributed by atoms with van der Waals surface area (Å²) in [6.45, 7) is 14.4. The lowest BCUT2D eigenvalue weighted by Gasteiger charge is -2.40. The molecule has 2 aliphatic rings. The fourth-order valence-electron chi connectivity index (χ4n) is 4.71. The first-order chi connectivity index (χ1) is 16.2. The fourth-order valence-corrected chi connectivity index (χ4v) is 4.71. The van der Waals surface area contributed by atoms with Crippen molar-refractivity contribution in [2.24, 2.45) is 0 Å². The highest BCUT2D eigenvalue weighted by Crippen LogP contribution is 2.29. The summed E-state index contributed by atoms with van der Waals surface area (Å²) in [5.41, 5.74) is 5.54. The molecule has 1 aromatic rings. The molecule has 188 valence electrons. The van der Waals surface area contributed by atoms with Crippen molar-refractivity contribution >= 4 is 11.5 Å². The zero-order chi connectivity index (χ0) is 25.4. The number of carbonyl (C=O) groups excluding carboxylic acids is 1. The first-order valence-corrected chi connectivity index (χ1v) is 12.7. The van der Waals surface area contributed by atoms with Crippen LogP contribution in [0.3, 0.4) is 0 Å². The van der Waals surface area contributed by atoms with Crippen molar-refractivity contribution in [3.63, 3.8) is 0 Å². The minimum Gasteiger partial charge on any atom is -0.496 e. The van der Waals surface area contributed by atoms with Crippen LogP contribution in [0.4, 0.5) is 0 Å². The van der Waals surface area contributed by atoms with E-state index in [-0.39, 0.29) is 11.9 Å². The number of hydrogen-bond acceptors (Lipinski definition) is 4. The van der Waals surface area contributed by atoms with E-state index < -0.39 is 0 Å². The van der Waals surface area contributed by atoms with Crippen LogP contribution in [0, 0.1) is 6.92 Å². The smallest absolute Gasteiger partial charge is 0.251 e. The molecule has 1 aromatic carbocycles. The average Bonchev–Trinajstić information content (AvgIpc) is 2.85. The van der Waals surface area contributed by atoms with Gasteiger partial charge in [0.05, 0.1) is 18.8 Å². The molecule has 1 unspecified atom stereocenters. The van der Waals surface area contributed by atoms with E-state index in [4.69, 9.17) is 4.74 Å². The second kappa shape index (κ2) is 12.8. The molecular weight excluding hydrogens is 422 g/mol. The topological polar surface area (TPSA) is 36.0 Å². The molecule has 1 atom stereocenters. The summed E-state index contributed by atoms with van der Waals surface area (Å²) in [6.07, 6.45) is 9.37. The number of piperidine rings is 1. The molecule has 1 fully saturated rings. The lowest BCUT2D eigenvalue weighted by Crippen LogP contribution is -2.44. The van der Waals surface area contributed by atoms with Crippen molar-refractivity contribution in [1.29, 1.82) is 0 Å². The number of nitrogens with zero attached hydrogens (tertiary/aromatic N) is 3. The first kappa shape index (κ1) is 27.7. The van der Waals surface area contributed by atoms with Crippen molar-refractivity contribution in [2.45, 2.75) is 72.9 Å². The SMILES string of the molecule is CC.CCC1=CC(N2CCC(N(C)C)CC2)=CN(C(=O)/C=C(\C)c2ccc(OC)c(C)c2)C1C. The Labute approximate surface area is 207 Å². The molecule has 3 rings (SSSR count). The monoisotopic (exact) mass is 467 g/mol. The van der Waals surface area contributed by atoms with Crippen LogP contribution in [0.15, 0.2) is 47.8 Å². The van der Waals surface area contributed by atoms with Gasteiger partial charge >= 0.3 is 0 Å². The quantitative estimate of drug-likeness (QED) is 0.491. The number of amides is 1. The largest absolute Gasteiger partial charge is 0.496 e. The highest BCUT2D eigenvalue weighted by atomic mass is 16.5. The standard InChI is InChI=1S/C27H39N3O2.C2H6/c1-8-22-17-25(29-13-11-24(12-14-29)28(5)6)18-30(21(22)4)27(31)16-19(2)23-9-10-26(32-7)20(3)15-23;1-2/h9-10,15-18,21,24H,8,11-14H2,1-7H3;1-2H3/b19-16+;. The number of ether oxygens (including phenoxy) is 1. The summed E-state index contributed by atoms with van der Waals surface area (Å²) < 4.78 is 5.37. The molecule has 5 nitrogen and oxygen atoms in total. The minimum absolute atomic E-state index is 0.0307. The molecule has 0 aliphatic carbocycles. The molecule has 0 saturated carbocycles. The van der Waals surface area contributed by atoms with E-state index >= 15 is 0 Å². The number of methoxy groups -OCH3 is 1. The van der Waals surface area contributed by atoms with Gasteiger partial charge in [-0.05, 0) is 94.6 Å². The molecule has 0 radical (unpaired) electrons. The highest BCUT2D eigenvalue weighted by molar-refractivity contribution is 5.96. The Balaban J connectivity index is 0.00000199. The van der Waals surface area contributed by atoms with Crippen LogP contribution in [0.5, 0.6) is 5.75 Å². The van der Waals surface area contributed by atoms with Crippen LogP contribution >= 0.6 is 0 Å².